The normalized spacial score (nSPS) is 10.4. The number of benzene rings is 1. The standard InChI is InChI=1S/C15H21NO4/c1-4-9-16(10-14(17)18)15(19)12-7-5-6-8-13(12)20-11(2)3/h5-8,11H,4,9-10H2,1-3H3,(H,17,18). The maximum atomic E-state index is 12.5. The van der Waals surface area contributed by atoms with Gasteiger partial charge < -0.3 is 14.7 Å². The average molecular weight is 279 g/mol. The lowest BCUT2D eigenvalue weighted by Gasteiger charge is -2.22. The van der Waals surface area contributed by atoms with Crippen molar-refractivity contribution in [1.29, 1.82) is 0 Å². The van der Waals surface area contributed by atoms with Crippen molar-refractivity contribution in [3.63, 3.8) is 0 Å². The Hall–Kier alpha value is -2.04. The molecule has 110 valence electrons. The highest BCUT2D eigenvalue weighted by Crippen LogP contribution is 2.21. The third-order valence-corrected chi connectivity index (χ3v) is 2.59. The Morgan fingerprint density at radius 1 is 1.30 bits per heavy atom. The zero-order valence-corrected chi connectivity index (χ0v) is 12.1. The van der Waals surface area contributed by atoms with Gasteiger partial charge >= 0.3 is 5.97 Å². The first-order chi connectivity index (χ1) is 9.45. The van der Waals surface area contributed by atoms with E-state index in [0.29, 0.717) is 24.3 Å². The van der Waals surface area contributed by atoms with Gasteiger partial charge in [-0.3, -0.25) is 9.59 Å². The minimum absolute atomic E-state index is 0.0527. The number of aliphatic carboxylic acids is 1. The molecule has 1 amide bonds. The lowest BCUT2D eigenvalue weighted by Crippen LogP contribution is -2.36. The van der Waals surface area contributed by atoms with E-state index in [1.807, 2.05) is 20.8 Å². The first-order valence-corrected chi connectivity index (χ1v) is 6.72. The number of ether oxygens (including phenoxy) is 1. The van der Waals surface area contributed by atoms with Crippen LogP contribution in [-0.2, 0) is 4.79 Å². The van der Waals surface area contributed by atoms with Gasteiger partial charge in [-0.05, 0) is 32.4 Å². The van der Waals surface area contributed by atoms with Crippen molar-refractivity contribution in [1.82, 2.24) is 4.90 Å². The number of para-hydroxylation sites is 1. The van der Waals surface area contributed by atoms with Gasteiger partial charge in [-0.1, -0.05) is 19.1 Å². The second-order valence-corrected chi connectivity index (χ2v) is 4.78. The molecule has 0 aromatic heterocycles. The van der Waals surface area contributed by atoms with Crippen molar-refractivity contribution < 1.29 is 19.4 Å². The van der Waals surface area contributed by atoms with E-state index in [2.05, 4.69) is 0 Å². The zero-order valence-electron chi connectivity index (χ0n) is 12.1. The maximum absolute atomic E-state index is 12.5. The van der Waals surface area contributed by atoms with Crippen LogP contribution in [0.25, 0.3) is 0 Å². The maximum Gasteiger partial charge on any atom is 0.323 e. The van der Waals surface area contributed by atoms with Gasteiger partial charge in [0.2, 0.25) is 0 Å². The lowest BCUT2D eigenvalue weighted by atomic mass is 10.1. The van der Waals surface area contributed by atoms with Crippen molar-refractivity contribution in [2.24, 2.45) is 0 Å². The van der Waals surface area contributed by atoms with Crippen molar-refractivity contribution >= 4 is 11.9 Å². The molecular formula is C15H21NO4. The van der Waals surface area contributed by atoms with E-state index in [4.69, 9.17) is 9.84 Å². The van der Waals surface area contributed by atoms with Crippen molar-refractivity contribution in [3.8, 4) is 5.75 Å². The minimum Gasteiger partial charge on any atom is -0.490 e. The Morgan fingerprint density at radius 2 is 1.95 bits per heavy atom. The van der Waals surface area contributed by atoms with Crippen LogP contribution in [0.5, 0.6) is 5.75 Å². The van der Waals surface area contributed by atoms with E-state index < -0.39 is 5.97 Å². The number of rotatable bonds is 7. The summed E-state index contributed by atoms with van der Waals surface area (Å²) in [7, 11) is 0. The summed E-state index contributed by atoms with van der Waals surface area (Å²) in [6, 6.07) is 6.91. The molecule has 0 unspecified atom stereocenters. The molecule has 1 N–H and O–H groups in total. The molecule has 5 heteroatoms. The summed E-state index contributed by atoms with van der Waals surface area (Å²) >= 11 is 0. The number of carboxylic acids is 1. The highest BCUT2D eigenvalue weighted by Gasteiger charge is 2.21. The molecule has 0 bridgehead atoms. The summed E-state index contributed by atoms with van der Waals surface area (Å²) in [6.07, 6.45) is 0.648. The van der Waals surface area contributed by atoms with Crippen LogP contribution >= 0.6 is 0 Å². The Balaban J connectivity index is 3.01. The highest BCUT2D eigenvalue weighted by atomic mass is 16.5. The van der Waals surface area contributed by atoms with E-state index >= 15 is 0 Å². The first kappa shape index (κ1) is 16.0. The zero-order chi connectivity index (χ0) is 15.1. The smallest absolute Gasteiger partial charge is 0.323 e. The predicted molar refractivity (Wildman–Crippen MR) is 76.0 cm³/mol. The highest BCUT2D eigenvalue weighted by molar-refractivity contribution is 5.98. The van der Waals surface area contributed by atoms with Crippen LogP contribution in [0.15, 0.2) is 24.3 Å². The SMILES string of the molecule is CCCN(CC(=O)O)C(=O)c1ccccc1OC(C)C. The first-order valence-electron chi connectivity index (χ1n) is 6.72. The summed E-state index contributed by atoms with van der Waals surface area (Å²) in [6.45, 7) is 5.76. The van der Waals surface area contributed by atoms with Crippen LogP contribution in [0.1, 0.15) is 37.6 Å². The number of amides is 1. The summed E-state index contributed by atoms with van der Waals surface area (Å²) in [5, 5.41) is 8.90. The van der Waals surface area contributed by atoms with Crippen LogP contribution in [0.2, 0.25) is 0 Å². The van der Waals surface area contributed by atoms with Crippen LogP contribution in [0.4, 0.5) is 0 Å². The number of carbonyl (C=O) groups excluding carboxylic acids is 1. The van der Waals surface area contributed by atoms with Gasteiger partial charge in [0.25, 0.3) is 5.91 Å². The number of carboxylic acid groups (broad SMARTS) is 1. The van der Waals surface area contributed by atoms with Gasteiger partial charge in [0.15, 0.2) is 0 Å². The number of hydrogen-bond acceptors (Lipinski definition) is 3. The molecule has 1 aromatic carbocycles. The van der Waals surface area contributed by atoms with Gasteiger partial charge in [0, 0.05) is 6.54 Å². The van der Waals surface area contributed by atoms with Crippen LogP contribution in [0, 0.1) is 0 Å². The topological polar surface area (TPSA) is 66.8 Å². The molecule has 0 atom stereocenters. The Labute approximate surface area is 119 Å². The average Bonchev–Trinajstić information content (AvgIpc) is 2.37. The Kier molecular flexibility index (Phi) is 6.03. The Bertz CT molecular complexity index is 471. The van der Waals surface area contributed by atoms with E-state index in [-0.39, 0.29) is 18.6 Å². The van der Waals surface area contributed by atoms with Crippen LogP contribution < -0.4 is 4.74 Å². The fraction of sp³-hybridized carbons (Fsp3) is 0.467. The molecule has 0 saturated heterocycles. The molecular weight excluding hydrogens is 258 g/mol. The third-order valence-electron chi connectivity index (χ3n) is 2.59. The summed E-state index contributed by atoms with van der Waals surface area (Å²) in [5.41, 5.74) is 0.399. The quantitative estimate of drug-likeness (QED) is 0.832. The third kappa shape index (κ3) is 4.57. The molecule has 0 saturated carbocycles. The van der Waals surface area contributed by atoms with Gasteiger partial charge in [-0.2, -0.15) is 0 Å². The fourth-order valence-corrected chi connectivity index (χ4v) is 1.86. The molecule has 20 heavy (non-hydrogen) atoms. The number of carbonyl (C=O) groups is 2. The second-order valence-electron chi connectivity index (χ2n) is 4.78. The summed E-state index contributed by atoms with van der Waals surface area (Å²) < 4.78 is 5.60. The van der Waals surface area contributed by atoms with Crippen molar-refractivity contribution in [2.75, 3.05) is 13.1 Å². The number of hydrogen-bond donors (Lipinski definition) is 1. The number of nitrogens with zero attached hydrogens (tertiary/aromatic N) is 1. The molecule has 0 radical (unpaired) electrons. The largest absolute Gasteiger partial charge is 0.490 e. The molecule has 5 nitrogen and oxygen atoms in total. The summed E-state index contributed by atoms with van der Waals surface area (Å²) in [5.74, 6) is -0.849. The van der Waals surface area contributed by atoms with E-state index in [0.717, 1.165) is 0 Å². The van der Waals surface area contributed by atoms with Gasteiger partial charge in [-0.15, -0.1) is 0 Å². The predicted octanol–water partition coefficient (Wildman–Crippen LogP) is 2.41. The molecule has 0 fully saturated rings. The van der Waals surface area contributed by atoms with E-state index in [1.54, 1.807) is 24.3 Å². The van der Waals surface area contributed by atoms with Crippen molar-refractivity contribution in [2.45, 2.75) is 33.3 Å². The van der Waals surface area contributed by atoms with Gasteiger partial charge in [0.05, 0.1) is 11.7 Å². The molecule has 0 aliphatic rings. The molecule has 0 aliphatic carbocycles. The molecule has 0 heterocycles. The van der Waals surface area contributed by atoms with Crippen LogP contribution in [0.3, 0.4) is 0 Å². The summed E-state index contributed by atoms with van der Waals surface area (Å²) in [4.78, 5) is 24.6. The van der Waals surface area contributed by atoms with Crippen LogP contribution in [-0.4, -0.2) is 41.1 Å². The van der Waals surface area contributed by atoms with E-state index in [1.165, 1.54) is 4.90 Å². The second kappa shape index (κ2) is 7.53. The Morgan fingerprint density at radius 3 is 2.50 bits per heavy atom. The van der Waals surface area contributed by atoms with E-state index in [9.17, 15) is 9.59 Å². The van der Waals surface area contributed by atoms with Gasteiger partial charge in [0.1, 0.15) is 12.3 Å². The fourth-order valence-electron chi connectivity index (χ4n) is 1.86. The molecule has 1 aromatic rings. The lowest BCUT2D eigenvalue weighted by molar-refractivity contribution is -0.137. The monoisotopic (exact) mass is 279 g/mol. The molecule has 0 aliphatic heterocycles. The minimum atomic E-state index is -1.02. The van der Waals surface area contributed by atoms with Gasteiger partial charge in [-0.25, -0.2) is 0 Å². The van der Waals surface area contributed by atoms with Crippen molar-refractivity contribution in [3.05, 3.63) is 29.8 Å². The molecule has 0 spiro atoms. The molecule has 1 rings (SSSR count).